The first-order valence-electron chi connectivity index (χ1n) is 6.92. The summed E-state index contributed by atoms with van der Waals surface area (Å²) in [5, 5.41) is 0. The minimum atomic E-state index is 0.267. The van der Waals surface area contributed by atoms with Crippen LogP contribution in [0.25, 0.3) is 0 Å². The monoisotopic (exact) mass is 265 g/mol. The number of ether oxygens (including phenoxy) is 3. The highest BCUT2D eigenvalue weighted by Crippen LogP contribution is 2.37. The number of rotatable bonds is 4. The molecule has 1 aliphatic carbocycles. The van der Waals surface area contributed by atoms with Gasteiger partial charge < -0.3 is 19.9 Å². The molecule has 0 spiro atoms. The van der Waals surface area contributed by atoms with Crippen LogP contribution < -0.4 is 19.9 Å². The van der Waals surface area contributed by atoms with Crippen LogP contribution in [0.15, 0.2) is 12.1 Å². The van der Waals surface area contributed by atoms with Gasteiger partial charge in [-0.2, -0.15) is 0 Å². The van der Waals surface area contributed by atoms with Crippen LogP contribution in [-0.2, 0) is 0 Å². The van der Waals surface area contributed by atoms with Crippen molar-refractivity contribution in [3.63, 3.8) is 0 Å². The molecular weight excluding hydrogens is 242 g/mol. The van der Waals surface area contributed by atoms with Crippen molar-refractivity contribution >= 4 is 5.69 Å². The van der Waals surface area contributed by atoms with Gasteiger partial charge in [-0.25, -0.2) is 0 Å². The first-order valence-corrected chi connectivity index (χ1v) is 6.92. The van der Waals surface area contributed by atoms with Gasteiger partial charge in [0, 0.05) is 12.1 Å². The second kappa shape index (κ2) is 6.55. The van der Waals surface area contributed by atoms with E-state index in [0.717, 1.165) is 12.8 Å². The summed E-state index contributed by atoms with van der Waals surface area (Å²) in [6, 6.07) is 3.57. The van der Waals surface area contributed by atoms with Gasteiger partial charge in [-0.15, -0.1) is 0 Å². The van der Waals surface area contributed by atoms with Gasteiger partial charge in [-0.05, 0) is 25.7 Å². The lowest BCUT2D eigenvalue weighted by Crippen LogP contribution is -2.16. The van der Waals surface area contributed by atoms with E-state index in [9.17, 15) is 0 Å². The van der Waals surface area contributed by atoms with E-state index < -0.39 is 0 Å². The number of anilines is 1. The highest BCUT2D eigenvalue weighted by molar-refractivity contribution is 5.62. The van der Waals surface area contributed by atoms with Crippen molar-refractivity contribution in [2.45, 2.75) is 44.6 Å². The molecule has 1 aromatic carbocycles. The van der Waals surface area contributed by atoms with Gasteiger partial charge in [0.1, 0.15) is 5.75 Å². The van der Waals surface area contributed by atoms with E-state index in [1.54, 1.807) is 20.3 Å². The largest absolute Gasteiger partial charge is 0.493 e. The van der Waals surface area contributed by atoms with Crippen molar-refractivity contribution in [2.75, 3.05) is 20.0 Å². The van der Waals surface area contributed by atoms with Crippen LogP contribution in [0.5, 0.6) is 17.2 Å². The zero-order valence-corrected chi connectivity index (χ0v) is 11.8. The zero-order valence-electron chi connectivity index (χ0n) is 11.8. The molecule has 0 aliphatic heterocycles. The quantitative estimate of drug-likeness (QED) is 0.669. The Bertz CT molecular complexity index is 412. The van der Waals surface area contributed by atoms with Crippen LogP contribution in [-0.4, -0.2) is 20.3 Å². The SMILES string of the molecule is COc1cc(N)c(OC2CCCCCC2)cc1OC. The first-order chi connectivity index (χ1) is 9.24. The predicted molar refractivity (Wildman–Crippen MR) is 76.1 cm³/mol. The van der Waals surface area contributed by atoms with Gasteiger partial charge in [0.25, 0.3) is 0 Å². The summed E-state index contributed by atoms with van der Waals surface area (Å²) in [6.45, 7) is 0. The number of nitrogen functional groups attached to an aromatic ring is 1. The first kappa shape index (κ1) is 13.8. The van der Waals surface area contributed by atoms with Crippen LogP contribution >= 0.6 is 0 Å². The topological polar surface area (TPSA) is 53.7 Å². The summed E-state index contributed by atoms with van der Waals surface area (Å²) in [4.78, 5) is 0. The van der Waals surface area contributed by atoms with Gasteiger partial charge in [0.2, 0.25) is 0 Å². The Morgan fingerprint density at radius 1 is 0.895 bits per heavy atom. The summed E-state index contributed by atoms with van der Waals surface area (Å²) in [5.74, 6) is 1.98. The van der Waals surface area contributed by atoms with Crippen molar-refractivity contribution in [1.29, 1.82) is 0 Å². The molecule has 1 fully saturated rings. The molecule has 19 heavy (non-hydrogen) atoms. The van der Waals surface area contributed by atoms with Crippen LogP contribution in [0, 0.1) is 0 Å². The van der Waals surface area contributed by atoms with Crippen LogP contribution in [0.1, 0.15) is 38.5 Å². The van der Waals surface area contributed by atoms with E-state index in [2.05, 4.69) is 0 Å². The molecular formula is C15H23NO3. The van der Waals surface area contributed by atoms with Crippen LogP contribution in [0.3, 0.4) is 0 Å². The van der Waals surface area contributed by atoms with E-state index in [0.29, 0.717) is 22.9 Å². The summed E-state index contributed by atoms with van der Waals surface area (Å²) in [7, 11) is 3.21. The highest BCUT2D eigenvalue weighted by atomic mass is 16.5. The van der Waals surface area contributed by atoms with Crippen molar-refractivity contribution in [1.82, 2.24) is 0 Å². The van der Waals surface area contributed by atoms with Gasteiger partial charge in [-0.1, -0.05) is 12.8 Å². The Morgan fingerprint density at radius 3 is 2.05 bits per heavy atom. The van der Waals surface area contributed by atoms with Gasteiger partial charge in [0.05, 0.1) is 26.0 Å². The van der Waals surface area contributed by atoms with E-state index in [-0.39, 0.29) is 6.10 Å². The third-order valence-electron chi connectivity index (χ3n) is 3.61. The van der Waals surface area contributed by atoms with Crippen LogP contribution in [0.4, 0.5) is 5.69 Å². The summed E-state index contributed by atoms with van der Waals surface area (Å²) >= 11 is 0. The molecule has 1 saturated carbocycles. The van der Waals surface area contributed by atoms with Gasteiger partial charge in [-0.3, -0.25) is 0 Å². The molecule has 1 aromatic rings. The van der Waals surface area contributed by atoms with E-state index in [4.69, 9.17) is 19.9 Å². The summed E-state index contributed by atoms with van der Waals surface area (Å²) < 4.78 is 16.6. The third kappa shape index (κ3) is 3.46. The summed E-state index contributed by atoms with van der Waals surface area (Å²) in [6.07, 6.45) is 7.56. The molecule has 0 heterocycles. The van der Waals surface area contributed by atoms with Crippen molar-refractivity contribution in [3.05, 3.63) is 12.1 Å². The Hall–Kier alpha value is -1.58. The lowest BCUT2D eigenvalue weighted by atomic mass is 10.1. The second-order valence-electron chi connectivity index (χ2n) is 4.98. The maximum Gasteiger partial charge on any atom is 0.164 e. The fourth-order valence-electron chi connectivity index (χ4n) is 2.52. The molecule has 0 aromatic heterocycles. The average molecular weight is 265 g/mol. The van der Waals surface area contributed by atoms with Crippen molar-refractivity contribution in [3.8, 4) is 17.2 Å². The molecule has 0 saturated heterocycles. The molecule has 106 valence electrons. The molecule has 4 heteroatoms. The lowest BCUT2D eigenvalue weighted by molar-refractivity contribution is 0.184. The Labute approximate surface area is 114 Å². The normalized spacial score (nSPS) is 16.7. The van der Waals surface area contributed by atoms with Crippen molar-refractivity contribution in [2.24, 2.45) is 0 Å². The summed E-state index contributed by atoms with van der Waals surface area (Å²) in [5.41, 5.74) is 6.62. The van der Waals surface area contributed by atoms with E-state index in [1.807, 2.05) is 6.07 Å². The van der Waals surface area contributed by atoms with Gasteiger partial charge >= 0.3 is 0 Å². The minimum absolute atomic E-state index is 0.267. The molecule has 0 unspecified atom stereocenters. The molecule has 2 rings (SSSR count). The molecule has 1 aliphatic rings. The third-order valence-corrected chi connectivity index (χ3v) is 3.61. The Balaban J connectivity index is 2.14. The number of benzene rings is 1. The smallest absolute Gasteiger partial charge is 0.164 e. The molecule has 0 atom stereocenters. The number of methoxy groups -OCH3 is 2. The van der Waals surface area contributed by atoms with Crippen LogP contribution in [0.2, 0.25) is 0 Å². The molecule has 2 N–H and O–H groups in total. The standard InChI is InChI=1S/C15H23NO3/c1-17-14-9-12(16)13(10-15(14)18-2)19-11-7-5-3-4-6-8-11/h9-11H,3-8,16H2,1-2H3. The second-order valence-corrected chi connectivity index (χ2v) is 4.98. The van der Waals surface area contributed by atoms with E-state index in [1.165, 1.54) is 25.7 Å². The van der Waals surface area contributed by atoms with Crippen molar-refractivity contribution < 1.29 is 14.2 Å². The predicted octanol–water partition coefficient (Wildman–Crippen LogP) is 3.39. The maximum atomic E-state index is 6.05. The molecule has 0 radical (unpaired) electrons. The fourth-order valence-corrected chi connectivity index (χ4v) is 2.52. The lowest BCUT2D eigenvalue weighted by Gasteiger charge is -2.19. The Kier molecular flexibility index (Phi) is 4.77. The highest BCUT2D eigenvalue weighted by Gasteiger charge is 2.17. The molecule has 0 amide bonds. The number of hydrogen-bond acceptors (Lipinski definition) is 4. The number of hydrogen-bond donors (Lipinski definition) is 1. The average Bonchev–Trinajstić information content (AvgIpc) is 2.69. The minimum Gasteiger partial charge on any atom is -0.493 e. The maximum absolute atomic E-state index is 6.05. The van der Waals surface area contributed by atoms with Gasteiger partial charge in [0.15, 0.2) is 11.5 Å². The van der Waals surface area contributed by atoms with E-state index >= 15 is 0 Å². The number of nitrogens with two attached hydrogens (primary N) is 1. The fraction of sp³-hybridized carbons (Fsp3) is 0.600. The molecule has 0 bridgehead atoms. The zero-order chi connectivity index (χ0) is 13.7. The molecule has 4 nitrogen and oxygen atoms in total. The Morgan fingerprint density at radius 2 is 1.47 bits per heavy atom.